The maximum absolute atomic E-state index is 13.5. The van der Waals surface area contributed by atoms with Gasteiger partial charge in [0.2, 0.25) is 5.91 Å². The first kappa shape index (κ1) is 23.1. The Morgan fingerprint density at radius 1 is 1.29 bits per heavy atom. The third-order valence-corrected chi connectivity index (χ3v) is 3.73. The Morgan fingerprint density at radius 2 is 2.00 bits per heavy atom. The smallest absolute Gasteiger partial charge is 0.241 e. The van der Waals surface area contributed by atoms with Crippen LogP contribution in [-0.2, 0) is 9.53 Å². The summed E-state index contributed by atoms with van der Waals surface area (Å²) in [6.07, 6.45) is 0.862. The van der Waals surface area contributed by atoms with Crippen molar-refractivity contribution in [2.24, 2.45) is 0 Å². The molecule has 1 fully saturated rings. The van der Waals surface area contributed by atoms with Crippen LogP contribution in [0.5, 0.6) is 0 Å². The molecule has 1 saturated heterocycles. The zero-order chi connectivity index (χ0) is 15.8. The zero-order valence-corrected chi connectivity index (χ0v) is 15.4. The maximum Gasteiger partial charge on any atom is 0.241 e. The van der Waals surface area contributed by atoms with E-state index in [1.165, 1.54) is 12.1 Å². The van der Waals surface area contributed by atoms with Gasteiger partial charge in [-0.15, -0.1) is 24.8 Å². The fraction of sp³-hybridized carbons (Fsp3) is 0.562. The molecule has 5 nitrogen and oxygen atoms in total. The minimum absolute atomic E-state index is 0. The number of amides is 1. The topological polar surface area (TPSA) is 53.6 Å². The fourth-order valence-electron chi connectivity index (χ4n) is 2.61. The standard InChI is InChI=1S/C16H24FN3O2.2ClH/c1-18-6-3-7-19-16(21)15(20-8-10-22-11-9-20)13-4-2-5-14(17)12-13;;/h2,4-5,12,15,18H,3,6-11H2,1H3,(H,19,21);2*1H. The molecule has 1 atom stereocenters. The number of halogens is 3. The highest BCUT2D eigenvalue weighted by atomic mass is 35.5. The first-order chi connectivity index (χ1) is 10.7. The highest BCUT2D eigenvalue weighted by molar-refractivity contribution is 5.85. The molecule has 1 aliphatic rings. The van der Waals surface area contributed by atoms with E-state index in [0.717, 1.165) is 13.0 Å². The van der Waals surface area contributed by atoms with Crippen LogP contribution in [0, 0.1) is 5.82 Å². The molecule has 2 rings (SSSR count). The van der Waals surface area contributed by atoms with Crippen LogP contribution >= 0.6 is 24.8 Å². The van der Waals surface area contributed by atoms with Crippen molar-refractivity contribution in [1.82, 2.24) is 15.5 Å². The minimum Gasteiger partial charge on any atom is -0.379 e. The van der Waals surface area contributed by atoms with Crippen molar-refractivity contribution >= 4 is 30.7 Å². The molecule has 24 heavy (non-hydrogen) atoms. The summed E-state index contributed by atoms with van der Waals surface area (Å²) in [7, 11) is 1.88. The lowest BCUT2D eigenvalue weighted by Crippen LogP contribution is -2.46. The van der Waals surface area contributed by atoms with Crippen LogP contribution in [-0.4, -0.2) is 57.2 Å². The largest absolute Gasteiger partial charge is 0.379 e. The molecule has 1 heterocycles. The lowest BCUT2D eigenvalue weighted by molar-refractivity contribution is -0.128. The van der Waals surface area contributed by atoms with Gasteiger partial charge in [0, 0.05) is 19.6 Å². The second-order valence-electron chi connectivity index (χ2n) is 5.35. The van der Waals surface area contributed by atoms with Gasteiger partial charge >= 0.3 is 0 Å². The summed E-state index contributed by atoms with van der Waals surface area (Å²) >= 11 is 0. The SMILES string of the molecule is CNCCCNC(=O)C(c1cccc(F)c1)N1CCOCC1.Cl.Cl. The number of nitrogens with zero attached hydrogens (tertiary/aromatic N) is 1. The first-order valence-electron chi connectivity index (χ1n) is 7.72. The molecule has 0 saturated carbocycles. The third-order valence-electron chi connectivity index (χ3n) is 3.73. The predicted molar refractivity (Wildman–Crippen MR) is 97.6 cm³/mol. The molecule has 1 aliphatic heterocycles. The van der Waals surface area contributed by atoms with E-state index in [4.69, 9.17) is 4.74 Å². The van der Waals surface area contributed by atoms with E-state index in [0.29, 0.717) is 38.4 Å². The van der Waals surface area contributed by atoms with Gasteiger partial charge in [-0.2, -0.15) is 0 Å². The van der Waals surface area contributed by atoms with Gasteiger partial charge in [-0.05, 0) is 37.7 Å². The van der Waals surface area contributed by atoms with Gasteiger partial charge in [-0.1, -0.05) is 12.1 Å². The van der Waals surface area contributed by atoms with Crippen LogP contribution in [0.3, 0.4) is 0 Å². The second-order valence-corrected chi connectivity index (χ2v) is 5.35. The molecule has 1 aromatic carbocycles. The quantitative estimate of drug-likeness (QED) is 0.706. The average Bonchev–Trinajstić information content (AvgIpc) is 2.53. The number of nitrogens with one attached hydrogen (secondary N) is 2. The van der Waals surface area contributed by atoms with Gasteiger partial charge in [0.25, 0.3) is 0 Å². The second kappa shape index (κ2) is 12.4. The monoisotopic (exact) mass is 381 g/mol. The van der Waals surface area contributed by atoms with Crippen LogP contribution < -0.4 is 10.6 Å². The molecule has 0 aromatic heterocycles. The average molecular weight is 382 g/mol. The van der Waals surface area contributed by atoms with E-state index in [1.807, 2.05) is 11.9 Å². The van der Waals surface area contributed by atoms with Gasteiger partial charge < -0.3 is 15.4 Å². The molecular weight excluding hydrogens is 356 g/mol. The summed E-state index contributed by atoms with van der Waals surface area (Å²) in [5, 5.41) is 5.99. The summed E-state index contributed by atoms with van der Waals surface area (Å²) in [5.41, 5.74) is 0.688. The first-order valence-corrected chi connectivity index (χ1v) is 7.72. The van der Waals surface area contributed by atoms with Crippen LogP contribution in [0.2, 0.25) is 0 Å². The van der Waals surface area contributed by atoms with Crippen LogP contribution in [0.25, 0.3) is 0 Å². The van der Waals surface area contributed by atoms with Gasteiger partial charge in [0.1, 0.15) is 11.9 Å². The molecule has 1 aromatic rings. The summed E-state index contributed by atoms with van der Waals surface area (Å²) in [6, 6.07) is 5.81. The van der Waals surface area contributed by atoms with Crippen LogP contribution in [0.15, 0.2) is 24.3 Å². The number of rotatable bonds is 7. The molecule has 2 N–H and O–H groups in total. The minimum atomic E-state index is -0.464. The van der Waals surface area contributed by atoms with Gasteiger partial charge in [-0.25, -0.2) is 4.39 Å². The molecule has 0 bridgehead atoms. The van der Waals surface area contributed by atoms with Crippen LogP contribution in [0.4, 0.5) is 4.39 Å². The van der Waals surface area contributed by atoms with Crippen molar-refractivity contribution in [3.05, 3.63) is 35.6 Å². The Balaban J connectivity index is 0.00000264. The number of carbonyl (C=O) groups is 1. The molecular formula is C16H26Cl2FN3O2. The lowest BCUT2D eigenvalue weighted by Gasteiger charge is -2.33. The number of morpholine rings is 1. The van der Waals surface area contributed by atoms with E-state index in [9.17, 15) is 9.18 Å². The van der Waals surface area contributed by atoms with Crippen LogP contribution in [0.1, 0.15) is 18.0 Å². The highest BCUT2D eigenvalue weighted by Crippen LogP contribution is 2.23. The van der Waals surface area contributed by atoms with E-state index < -0.39 is 6.04 Å². The molecule has 0 aliphatic carbocycles. The summed E-state index contributed by atoms with van der Waals surface area (Å²) in [6.45, 7) is 3.99. The Bertz CT molecular complexity index is 488. The molecule has 1 unspecified atom stereocenters. The van der Waals surface area contributed by atoms with Gasteiger partial charge in [0.15, 0.2) is 0 Å². The summed E-state index contributed by atoms with van der Waals surface area (Å²) in [5.74, 6) is -0.401. The van der Waals surface area contributed by atoms with E-state index in [-0.39, 0.29) is 36.5 Å². The predicted octanol–water partition coefficient (Wildman–Crippen LogP) is 1.77. The Hall–Kier alpha value is -0.920. The Labute approximate surface area is 155 Å². The number of hydrogen-bond acceptors (Lipinski definition) is 4. The molecule has 138 valence electrons. The van der Waals surface area contributed by atoms with Crippen molar-refractivity contribution in [2.75, 3.05) is 46.4 Å². The highest BCUT2D eigenvalue weighted by Gasteiger charge is 2.29. The molecule has 0 spiro atoms. The van der Waals surface area contributed by atoms with Crippen molar-refractivity contribution in [3.63, 3.8) is 0 Å². The molecule has 1 amide bonds. The number of benzene rings is 1. The third kappa shape index (κ3) is 6.91. The summed E-state index contributed by atoms with van der Waals surface area (Å²) in [4.78, 5) is 14.6. The summed E-state index contributed by atoms with van der Waals surface area (Å²) < 4.78 is 18.9. The van der Waals surface area contributed by atoms with Crippen molar-refractivity contribution in [1.29, 1.82) is 0 Å². The number of ether oxygens (including phenoxy) is 1. The number of carbonyl (C=O) groups excluding carboxylic acids is 1. The lowest BCUT2D eigenvalue weighted by atomic mass is 10.0. The van der Waals surface area contributed by atoms with Crippen molar-refractivity contribution in [3.8, 4) is 0 Å². The molecule has 0 radical (unpaired) electrons. The zero-order valence-electron chi connectivity index (χ0n) is 13.8. The van der Waals surface area contributed by atoms with Gasteiger partial charge in [0.05, 0.1) is 13.2 Å². The van der Waals surface area contributed by atoms with E-state index in [2.05, 4.69) is 10.6 Å². The molecule has 8 heteroatoms. The van der Waals surface area contributed by atoms with Gasteiger partial charge in [-0.3, -0.25) is 9.69 Å². The van der Waals surface area contributed by atoms with Crippen molar-refractivity contribution in [2.45, 2.75) is 12.5 Å². The van der Waals surface area contributed by atoms with E-state index >= 15 is 0 Å². The Morgan fingerprint density at radius 3 is 2.62 bits per heavy atom. The number of hydrogen-bond donors (Lipinski definition) is 2. The maximum atomic E-state index is 13.5. The normalized spacial score (nSPS) is 15.8. The fourth-order valence-corrected chi connectivity index (χ4v) is 2.61. The Kier molecular flexibility index (Phi) is 12.0. The van der Waals surface area contributed by atoms with E-state index in [1.54, 1.807) is 12.1 Å². The van der Waals surface area contributed by atoms with Crippen molar-refractivity contribution < 1.29 is 13.9 Å².